The summed E-state index contributed by atoms with van der Waals surface area (Å²) in [6.07, 6.45) is 14.7. The van der Waals surface area contributed by atoms with E-state index in [9.17, 15) is 19.8 Å². The first-order valence-corrected chi connectivity index (χ1v) is 17.1. The molecule has 0 aromatic carbocycles. The molecule has 4 fully saturated rings. The first-order valence-electron chi connectivity index (χ1n) is 17.1. The Morgan fingerprint density at radius 1 is 0.905 bits per heavy atom. The molecule has 4 saturated carbocycles. The van der Waals surface area contributed by atoms with Crippen LogP contribution in [0.3, 0.4) is 0 Å². The number of nitrogens with one attached hydrogen (secondary N) is 1. The lowest BCUT2D eigenvalue weighted by molar-refractivity contribution is -0.215. The third kappa shape index (κ3) is 4.71. The summed E-state index contributed by atoms with van der Waals surface area (Å²) in [5.74, 6) is 0.546. The lowest BCUT2D eigenvalue weighted by Crippen LogP contribution is -2.66. The van der Waals surface area contributed by atoms with E-state index in [1.54, 1.807) is 5.57 Å². The van der Waals surface area contributed by atoms with Gasteiger partial charge >= 0.3 is 5.97 Å². The number of amides is 1. The zero-order chi connectivity index (χ0) is 30.8. The zero-order valence-electron chi connectivity index (χ0n) is 27.4. The highest BCUT2D eigenvalue weighted by atomic mass is 16.4. The Morgan fingerprint density at radius 3 is 2.31 bits per heavy atom. The van der Waals surface area contributed by atoms with Gasteiger partial charge in [0.2, 0.25) is 5.91 Å². The quantitative estimate of drug-likeness (QED) is 0.183. The van der Waals surface area contributed by atoms with Gasteiger partial charge < -0.3 is 20.6 Å². The van der Waals surface area contributed by atoms with Gasteiger partial charge in [-0.1, -0.05) is 59.6 Å². The van der Waals surface area contributed by atoms with E-state index >= 15 is 0 Å². The highest BCUT2D eigenvalue weighted by molar-refractivity contribution is 5.84. The van der Waals surface area contributed by atoms with Gasteiger partial charge in [-0.3, -0.25) is 9.59 Å². The summed E-state index contributed by atoms with van der Waals surface area (Å²) in [4.78, 5) is 25.0. The van der Waals surface area contributed by atoms with E-state index in [0.29, 0.717) is 24.8 Å². The Labute approximate surface area is 254 Å². The maximum atomic E-state index is 14.1. The minimum Gasteiger partial charge on any atom is -0.481 e. The largest absolute Gasteiger partial charge is 0.481 e. The van der Waals surface area contributed by atoms with Gasteiger partial charge in [-0.2, -0.15) is 0 Å². The van der Waals surface area contributed by atoms with Crippen LogP contribution in [0.2, 0.25) is 0 Å². The topological polar surface area (TPSA) is 107 Å². The molecule has 5 aliphatic rings. The highest BCUT2D eigenvalue weighted by Gasteiger charge is 2.69. The third-order valence-corrected chi connectivity index (χ3v) is 14.6. The van der Waals surface area contributed by atoms with Crippen molar-refractivity contribution in [3.63, 3.8) is 0 Å². The van der Waals surface area contributed by atoms with E-state index in [4.69, 9.17) is 5.11 Å². The molecule has 0 radical (unpaired) electrons. The van der Waals surface area contributed by atoms with Crippen LogP contribution >= 0.6 is 0 Å². The predicted octanol–water partition coefficient (Wildman–Crippen LogP) is 6.88. The van der Waals surface area contributed by atoms with Crippen LogP contribution < -0.4 is 5.32 Å². The molecule has 0 spiro atoms. The van der Waals surface area contributed by atoms with Crippen molar-refractivity contribution >= 4 is 11.9 Å². The predicted molar refractivity (Wildman–Crippen MR) is 166 cm³/mol. The zero-order valence-corrected chi connectivity index (χ0v) is 27.4. The number of aliphatic hydroxyl groups excluding tert-OH is 2. The summed E-state index contributed by atoms with van der Waals surface area (Å²) in [6, 6.07) is 0. The maximum absolute atomic E-state index is 14.1. The summed E-state index contributed by atoms with van der Waals surface area (Å²) in [5, 5.41) is 33.8. The van der Waals surface area contributed by atoms with Gasteiger partial charge in [0.15, 0.2) is 0 Å². The standard InChI is InChI=1S/C36H59NO5/c1-31(2)17-19-36(30(42)37-21-9-7-8-10-29(40)41)20-18-34(5)24(25(36)22-31)11-12-27-32(3)15-14-28(39)33(4,23-38)26(32)13-16-35(27,34)6/h11,25-28,38-39H,7-10,12-23H2,1-6H3,(H,37,42)(H,40,41)/t25-,26+,27+,28-,32-,33-,34+,35+,36-/m0/s1. The second-order valence-electron chi connectivity index (χ2n) is 17.1. The number of rotatable bonds is 8. The molecule has 42 heavy (non-hydrogen) atoms. The summed E-state index contributed by atoms with van der Waals surface area (Å²) in [5.41, 5.74) is 1.20. The van der Waals surface area contributed by atoms with Crippen LogP contribution in [0.5, 0.6) is 0 Å². The first-order chi connectivity index (χ1) is 19.6. The van der Waals surface area contributed by atoms with Gasteiger partial charge in [0, 0.05) is 18.4 Å². The molecule has 9 atom stereocenters. The molecule has 238 valence electrons. The Bertz CT molecular complexity index is 1100. The molecule has 0 aromatic rings. The maximum Gasteiger partial charge on any atom is 0.303 e. The van der Waals surface area contributed by atoms with Crippen LogP contribution in [0.4, 0.5) is 0 Å². The van der Waals surface area contributed by atoms with E-state index in [1.807, 2.05) is 0 Å². The summed E-state index contributed by atoms with van der Waals surface area (Å²) >= 11 is 0. The van der Waals surface area contributed by atoms with Gasteiger partial charge in [0.25, 0.3) is 0 Å². The van der Waals surface area contributed by atoms with Crippen molar-refractivity contribution in [2.75, 3.05) is 13.2 Å². The minimum absolute atomic E-state index is 0.0360. The number of allylic oxidation sites excluding steroid dienone is 2. The van der Waals surface area contributed by atoms with Gasteiger partial charge in [-0.05, 0) is 116 Å². The van der Waals surface area contributed by atoms with Crippen LogP contribution in [0.25, 0.3) is 0 Å². The number of fused-ring (bicyclic) bond motifs is 7. The van der Waals surface area contributed by atoms with Crippen molar-refractivity contribution in [2.24, 2.45) is 50.2 Å². The number of aliphatic hydroxyl groups is 2. The fraction of sp³-hybridized carbons (Fsp3) is 0.889. The van der Waals surface area contributed by atoms with E-state index in [1.165, 1.54) is 0 Å². The summed E-state index contributed by atoms with van der Waals surface area (Å²) in [6.45, 7) is 15.1. The molecule has 1 amide bonds. The highest BCUT2D eigenvalue weighted by Crippen LogP contribution is 2.75. The van der Waals surface area contributed by atoms with E-state index < -0.39 is 17.5 Å². The Hall–Kier alpha value is -1.40. The van der Waals surface area contributed by atoms with Crippen molar-refractivity contribution in [2.45, 2.75) is 138 Å². The van der Waals surface area contributed by atoms with E-state index in [0.717, 1.165) is 77.0 Å². The monoisotopic (exact) mass is 585 g/mol. The molecule has 6 heteroatoms. The van der Waals surface area contributed by atoms with Crippen molar-refractivity contribution < 1.29 is 24.9 Å². The van der Waals surface area contributed by atoms with Gasteiger partial charge in [-0.15, -0.1) is 0 Å². The number of carbonyl (C=O) groups is 2. The van der Waals surface area contributed by atoms with Crippen molar-refractivity contribution in [1.82, 2.24) is 5.32 Å². The molecule has 0 aliphatic heterocycles. The Kier molecular flexibility index (Phi) is 8.30. The molecule has 0 heterocycles. The number of carboxylic acid groups (broad SMARTS) is 1. The van der Waals surface area contributed by atoms with Gasteiger partial charge in [0.1, 0.15) is 0 Å². The summed E-state index contributed by atoms with van der Waals surface area (Å²) in [7, 11) is 0. The second-order valence-corrected chi connectivity index (χ2v) is 17.1. The molecule has 0 bridgehead atoms. The lowest BCUT2D eigenvalue weighted by Gasteiger charge is -2.71. The van der Waals surface area contributed by atoms with E-state index in [-0.39, 0.29) is 51.9 Å². The van der Waals surface area contributed by atoms with Crippen LogP contribution in [0.15, 0.2) is 11.6 Å². The molecule has 5 rings (SSSR count). The lowest BCUT2D eigenvalue weighted by atomic mass is 9.33. The van der Waals surface area contributed by atoms with Crippen LogP contribution in [-0.4, -0.2) is 46.5 Å². The number of unbranched alkanes of at least 4 members (excludes halogenated alkanes) is 2. The average Bonchev–Trinajstić information content (AvgIpc) is 2.92. The van der Waals surface area contributed by atoms with Gasteiger partial charge in [0.05, 0.1) is 18.1 Å². The molecule has 0 saturated heterocycles. The Balaban J connectivity index is 1.44. The number of carboxylic acids is 1. The molecule has 0 unspecified atom stereocenters. The summed E-state index contributed by atoms with van der Waals surface area (Å²) < 4.78 is 0. The molecule has 5 aliphatic carbocycles. The second kappa shape index (κ2) is 10.9. The van der Waals surface area contributed by atoms with Crippen molar-refractivity contribution in [1.29, 1.82) is 0 Å². The molecule has 0 aromatic heterocycles. The molecule has 6 nitrogen and oxygen atoms in total. The molecule has 4 N–H and O–H groups in total. The van der Waals surface area contributed by atoms with Crippen LogP contribution in [0, 0.1) is 50.2 Å². The first kappa shape index (κ1) is 32.0. The number of aliphatic carboxylic acids is 1. The molecular weight excluding hydrogens is 526 g/mol. The average molecular weight is 586 g/mol. The smallest absolute Gasteiger partial charge is 0.303 e. The number of hydrogen-bond donors (Lipinski definition) is 4. The van der Waals surface area contributed by atoms with Crippen LogP contribution in [-0.2, 0) is 9.59 Å². The minimum atomic E-state index is -0.751. The third-order valence-electron chi connectivity index (χ3n) is 14.6. The normalized spacial score (nSPS) is 45.9. The number of carbonyl (C=O) groups excluding carboxylic acids is 1. The molecular formula is C36H59NO5. The SMILES string of the molecule is CC1(C)CC[C@]2(C(=O)NCCCCCC(=O)O)CC[C@]3(C)C(=CC[C@@H]4[C@@]5(C)CC[C@H](O)[C@@](C)(CO)[C@@H]5CC[C@]43C)[C@@H]2C1. The van der Waals surface area contributed by atoms with E-state index in [2.05, 4.69) is 52.9 Å². The fourth-order valence-corrected chi connectivity index (χ4v) is 11.6. The number of hydrogen-bond acceptors (Lipinski definition) is 4. The van der Waals surface area contributed by atoms with Gasteiger partial charge in [-0.25, -0.2) is 0 Å². The fourth-order valence-electron chi connectivity index (χ4n) is 11.6. The Morgan fingerprint density at radius 2 is 1.62 bits per heavy atom. The van der Waals surface area contributed by atoms with Crippen LogP contribution in [0.1, 0.15) is 131 Å². The van der Waals surface area contributed by atoms with Crippen molar-refractivity contribution in [3.8, 4) is 0 Å². The van der Waals surface area contributed by atoms with Crippen molar-refractivity contribution in [3.05, 3.63) is 11.6 Å².